The summed E-state index contributed by atoms with van der Waals surface area (Å²) >= 11 is 0. The topological polar surface area (TPSA) is 65.4 Å². The van der Waals surface area contributed by atoms with Crippen molar-refractivity contribution >= 4 is 16.9 Å². The van der Waals surface area contributed by atoms with Gasteiger partial charge in [-0.1, -0.05) is 30.3 Å². The van der Waals surface area contributed by atoms with Crippen molar-refractivity contribution < 1.29 is 14.3 Å². The number of hydrogen-bond donors (Lipinski definition) is 1. The SMILES string of the molecule is Cc1nc2cc(C(=O)NCC3CCCO3)ccc2n1-c1ccc(OCc2ccccc2)cc1. The number of rotatable bonds is 7. The Hall–Kier alpha value is -3.64. The van der Waals surface area contributed by atoms with E-state index < -0.39 is 0 Å². The predicted molar refractivity (Wildman–Crippen MR) is 128 cm³/mol. The fraction of sp³-hybridized carbons (Fsp3) is 0.259. The van der Waals surface area contributed by atoms with Gasteiger partial charge in [0.1, 0.15) is 18.2 Å². The Morgan fingerprint density at radius 2 is 1.94 bits per heavy atom. The molecule has 168 valence electrons. The summed E-state index contributed by atoms with van der Waals surface area (Å²) in [5.74, 6) is 1.58. The maximum absolute atomic E-state index is 12.6. The lowest BCUT2D eigenvalue weighted by Crippen LogP contribution is -2.31. The number of imidazole rings is 1. The zero-order chi connectivity index (χ0) is 22.6. The van der Waals surface area contributed by atoms with Crippen molar-refractivity contribution in [2.24, 2.45) is 0 Å². The van der Waals surface area contributed by atoms with Gasteiger partial charge in [0.25, 0.3) is 5.91 Å². The zero-order valence-corrected chi connectivity index (χ0v) is 18.7. The third-order valence-electron chi connectivity index (χ3n) is 5.94. The first kappa shape index (κ1) is 21.2. The van der Waals surface area contributed by atoms with E-state index in [1.165, 1.54) is 0 Å². The number of nitrogens with one attached hydrogen (secondary N) is 1. The average Bonchev–Trinajstić information content (AvgIpc) is 3.49. The van der Waals surface area contributed by atoms with Gasteiger partial charge in [0.2, 0.25) is 0 Å². The quantitative estimate of drug-likeness (QED) is 0.447. The van der Waals surface area contributed by atoms with E-state index in [2.05, 4.69) is 9.88 Å². The molecule has 1 amide bonds. The van der Waals surface area contributed by atoms with Crippen LogP contribution in [0.4, 0.5) is 0 Å². The molecule has 3 aromatic carbocycles. The minimum atomic E-state index is -0.0977. The van der Waals surface area contributed by atoms with Crippen molar-refractivity contribution in [3.63, 3.8) is 0 Å². The molecular formula is C27H27N3O3. The summed E-state index contributed by atoms with van der Waals surface area (Å²) in [4.78, 5) is 17.3. The van der Waals surface area contributed by atoms with Gasteiger partial charge in [0.15, 0.2) is 0 Å². The minimum Gasteiger partial charge on any atom is -0.489 e. The van der Waals surface area contributed by atoms with Crippen molar-refractivity contribution in [1.29, 1.82) is 0 Å². The van der Waals surface area contributed by atoms with Gasteiger partial charge in [-0.2, -0.15) is 0 Å². The monoisotopic (exact) mass is 441 g/mol. The Morgan fingerprint density at radius 3 is 2.70 bits per heavy atom. The van der Waals surface area contributed by atoms with E-state index in [9.17, 15) is 4.79 Å². The van der Waals surface area contributed by atoms with Crippen molar-refractivity contribution in [3.05, 3.63) is 89.7 Å². The van der Waals surface area contributed by atoms with Gasteiger partial charge >= 0.3 is 0 Å². The molecular weight excluding hydrogens is 414 g/mol. The number of carbonyl (C=O) groups excluding carboxylic acids is 1. The average molecular weight is 442 g/mol. The van der Waals surface area contributed by atoms with Crippen molar-refractivity contribution in [1.82, 2.24) is 14.9 Å². The van der Waals surface area contributed by atoms with Crippen LogP contribution in [0.1, 0.15) is 34.6 Å². The molecule has 0 radical (unpaired) electrons. The number of amides is 1. The third kappa shape index (κ3) is 4.76. The van der Waals surface area contributed by atoms with Gasteiger partial charge in [0.05, 0.1) is 17.1 Å². The number of ether oxygens (including phenoxy) is 2. The molecule has 33 heavy (non-hydrogen) atoms. The molecule has 0 aliphatic carbocycles. The second-order valence-corrected chi connectivity index (χ2v) is 8.31. The summed E-state index contributed by atoms with van der Waals surface area (Å²) in [7, 11) is 0. The number of benzene rings is 3. The summed E-state index contributed by atoms with van der Waals surface area (Å²) in [5.41, 5.74) is 4.49. The molecule has 1 atom stereocenters. The molecule has 1 aliphatic rings. The molecule has 1 saturated heterocycles. The maximum atomic E-state index is 12.6. The molecule has 1 aromatic heterocycles. The first-order valence-electron chi connectivity index (χ1n) is 11.3. The van der Waals surface area contributed by atoms with Crippen LogP contribution in [0.15, 0.2) is 72.8 Å². The number of aromatic nitrogens is 2. The third-order valence-corrected chi connectivity index (χ3v) is 5.94. The second kappa shape index (κ2) is 9.46. The zero-order valence-electron chi connectivity index (χ0n) is 18.7. The highest BCUT2D eigenvalue weighted by Gasteiger charge is 2.17. The normalized spacial score (nSPS) is 15.6. The Balaban J connectivity index is 1.30. The first-order valence-corrected chi connectivity index (χ1v) is 11.3. The minimum absolute atomic E-state index is 0.0977. The van der Waals surface area contributed by atoms with Gasteiger partial charge in [-0.25, -0.2) is 4.98 Å². The molecule has 6 nitrogen and oxygen atoms in total. The van der Waals surface area contributed by atoms with Gasteiger partial charge in [0, 0.05) is 24.4 Å². The number of hydrogen-bond acceptors (Lipinski definition) is 4. The molecule has 2 heterocycles. The highest BCUT2D eigenvalue weighted by Crippen LogP contribution is 2.24. The second-order valence-electron chi connectivity index (χ2n) is 8.31. The van der Waals surface area contributed by atoms with Crippen molar-refractivity contribution in [3.8, 4) is 11.4 Å². The fourth-order valence-electron chi connectivity index (χ4n) is 4.21. The Morgan fingerprint density at radius 1 is 1.12 bits per heavy atom. The van der Waals surface area contributed by atoms with Crippen molar-refractivity contribution in [2.75, 3.05) is 13.2 Å². The highest BCUT2D eigenvalue weighted by molar-refractivity contribution is 5.97. The molecule has 0 bridgehead atoms. The van der Waals surface area contributed by atoms with E-state index in [0.717, 1.165) is 53.3 Å². The number of carbonyl (C=O) groups is 1. The Kier molecular flexibility index (Phi) is 6.09. The van der Waals surface area contributed by atoms with Crippen LogP contribution in [-0.4, -0.2) is 34.7 Å². The lowest BCUT2D eigenvalue weighted by molar-refractivity contribution is 0.0858. The maximum Gasteiger partial charge on any atom is 0.251 e. The fourth-order valence-corrected chi connectivity index (χ4v) is 4.21. The summed E-state index contributed by atoms with van der Waals surface area (Å²) in [6, 6.07) is 23.7. The highest BCUT2D eigenvalue weighted by atomic mass is 16.5. The first-order chi connectivity index (χ1) is 16.2. The van der Waals surface area contributed by atoms with Crippen LogP contribution in [0, 0.1) is 6.92 Å². The van der Waals surface area contributed by atoms with Crippen LogP contribution in [0.5, 0.6) is 5.75 Å². The van der Waals surface area contributed by atoms with Gasteiger partial charge in [-0.05, 0) is 67.8 Å². The van der Waals surface area contributed by atoms with Crippen LogP contribution in [-0.2, 0) is 11.3 Å². The molecule has 0 saturated carbocycles. The van der Waals surface area contributed by atoms with Gasteiger partial charge < -0.3 is 14.8 Å². The van der Waals surface area contributed by atoms with Gasteiger partial charge in [-0.15, -0.1) is 0 Å². The van der Waals surface area contributed by atoms with E-state index in [1.54, 1.807) is 0 Å². The van der Waals surface area contributed by atoms with Crippen molar-refractivity contribution in [2.45, 2.75) is 32.5 Å². The molecule has 0 spiro atoms. The molecule has 1 fully saturated rings. The molecule has 6 heteroatoms. The van der Waals surface area contributed by atoms with Crippen LogP contribution in [0.3, 0.4) is 0 Å². The lowest BCUT2D eigenvalue weighted by atomic mass is 10.1. The standard InChI is InChI=1S/C27H27N3O3/c1-19-29-25-16-21(27(31)28-17-24-8-5-15-32-24)9-14-26(25)30(19)22-10-12-23(13-11-22)33-18-20-6-3-2-4-7-20/h2-4,6-7,9-14,16,24H,5,8,15,17-18H2,1H3,(H,28,31). The van der Waals surface area contributed by atoms with E-state index in [-0.39, 0.29) is 12.0 Å². The van der Waals surface area contributed by atoms with E-state index in [0.29, 0.717) is 18.7 Å². The molecule has 4 aromatic rings. The molecule has 5 rings (SSSR count). The van der Waals surface area contributed by atoms with Crippen LogP contribution in [0.2, 0.25) is 0 Å². The van der Waals surface area contributed by atoms with Crippen LogP contribution < -0.4 is 10.1 Å². The lowest BCUT2D eigenvalue weighted by Gasteiger charge is -2.11. The Labute approximate surface area is 193 Å². The van der Waals surface area contributed by atoms with E-state index >= 15 is 0 Å². The van der Waals surface area contributed by atoms with Gasteiger partial charge in [-0.3, -0.25) is 9.36 Å². The predicted octanol–water partition coefficient (Wildman–Crippen LogP) is 4.82. The largest absolute Gasteiger partial charge is 0.489 e. The number of fused-ring (bicyclic) bond motifs is 1. The number of aryl methyl sites for hydroxylation is 1. The summed E-state index contributed by atoms with van der Waals surface area (Å²) in [5, 5.41) is 2.98. The van der Waals surface area contributed by atoms with E-state index in [1.807, 2.05) is 79.7 Å². The summed E-state index contributed by atoms with van der Waals surface area (Å²) in [6.45, 7) is 3.83. The summed E-state index contributed by atoms with van der Waals surface area (Å²) < 4.78 is 13.6. The Bertz CT molecular complexity index is 1240. The van der Waals surface area contributed by atoms with Crippen LogP contribution in [0.25, 0.3) is 16.7 Å². The molecule has 1 N–H and O–H groups in total. The molecule has 1 unspecified atom stereocenters. The number of nitrogens with zero attached hydrogens (tertiary/aromatic N) is 2. The smallest absolute Gasteiger partial charge is 0.251 e. The van der Waals surface area contributed by atoms with E-state index in [4.69, 9.17) is 14.5 Å². The van der Waals surface area contributed by atoms with Crippen LogP contribution >= 0.6 is 0 Å². The molecule has 1 aliphatic heterocycles. The summed E-state index contributed by atoms with van der Waals surface area (Å²) in [6.07, 6.45) is 2.18.